The molecule has 0 spiro atoms. The summed E-state index contributed by atoms with van der Waals surface area (Å²) in [6.07, 6.45) is 6.31. The van der Waals surface area contributed by atoms with Gasteiger partial charge in [-0.3, -0.25) is 9.78 Å². The van der Waals surface area contributed by atoms with E-state index in [0.717, 1.165) is 24.3 Å². The van der Waals surface area contributed by atoms with Gasteiger partial charge < -0.3 is 10.2 Å². The molecule has 1 amide bonds. The molecule has 0 saturated heterocycles. The Morgan fingerprint density at radius 3 is 2.44 bits per heavy atom. The first-order valence-electron chi connectivity index (χ1n) is 8.70. The summed E-state index contributed by atoms with van der Waals surface area (Å²) < 4.78 is 12.9. The molecule has 3 rings (SSSR count). The maximum atomic E-state index is 12.9. The second-order valence-electron chi connectivity index (χ2n) is 6.28. The molecule has 0 aliphatic rings. The standard InChI is InChI=1S/C21H21FN4O/c1-26(13-10-16-8-11-23-12-9-16)20-7-6-19(15-24-20)25-21(27)14-17-2-4-18(22)5-3-17/h2-9,11-12,15H,10,13-14H2,1H3,(H,25,27). The fourth-order valence-electron chi connectivity index (χ4n) is 2.64. The second kappa shape index (κ2) is 8.89. The third-order valence-corrected chi connectivity index (χ3v) is 4.19. The van der Waals surface area contributed by atoms with E-state index < -0.39 is 0 Å². The van der Waals surface area contributed by atoms with Crippen LogP contribution in [0.1, 0.15) is 11.1 Å². The molecular formula is C21H21FN4O. The first-order valence-corrected chi connectivity index (χ1v) is 8.70. The van der Waals surface area contributed by atoms with Gasteiger partial charge in [0.15, 0.2) is 0 Å². The highest BCUT2D eigenvalue weighted by atomic mass is 19.1. The van der Waals surface area contributed by atoms with Crippen molar-refractivity contribution >= 4 is 17.4 Å². The van der Waals surface area contributed by atoms with Gasteiger partial charge in [-0.25, -0.2) is 9.37 Å². The van der Waals surface area contributed by atoms with Crippen LogP contribution < -0.4 is 10.2 Å². The van der Waals surface area contributed by atoms with Crippen LogP contribution in [0.2, 0.25) is 0 Å². The highest BCUT2D eigenvalue weighted by Gasteiger charge is 2.07. The van der Waals surface area contributed by atoms with E-state index in [0.29, 0.717) is 5.69 Å². The van der Waals surface area contributed by atoms with Crippen LogP contribution in [-0.2, 0) is 17.6 Å². The number of carbonyl (C=O) groups is 1. The zero-order valence-electron chi connectivity index (χ0n) is 15.1. The molecule has 1 aromatic carbocycles. The van der Waals surface area contributed by atoms with Gasteiger partial charge in [-0.1, -0.05) is 12.1 Å². The lowest BCUT2D eigenvalue weighted by atomic mass is 10.1. The molecule has 0 atom stereocenters. The van der Waals surface area contributed by atoms with Crippen LogP contribution in [-0.4, -0.2) is 29.5 Å². The Kier molecular flexibility index (Phi) is 6.10. The normalized spacial score (nSPS) is 10.4. The number of aromatic nitrogens is 2. The Morgan fingerprint density at radius 1 is 1.04 bits per heavy atom. The number of likely N-dealkylation sites (N-methyl/N-ethyl adjacent to an activating group) is 1. The van der Waals surface area contributed by atoms with E-state index in [4.69, 9.17) is 0 Å². The fraction of sp³-hybridized carbons (Fsp3) is 0.190. The Labute approximate surface area is 157 Å². The summed E-state index contributed by atoms with van der Waals surface area (Å²) in [6, 6.07) is 13.6. The third kappa shape index (κ3) is 5.60. The number of pyridine rings is 2. The Balaban J connectivity index is 1.51. The van der Waals surface area contributed by atoms with Crippen molar-refractivity contribution in [3.63, 3.8) is 0 Å². The largest absolute Gasteiger partial charge is 0.359 e. The van der Waals surface area contributed by atoms with Crippen molar-refractivity contribution in [2.45, 2.75) is 12.8 Å². The summed E-state index contributed by atoms with van der Waals surface area (Å²) in [5.74, 6) is 0.356. The predicted molar refractivity (Wildman–Crippen MR) is 104 cm³/mol. The molecule has 2 heterocycles. The van der Waals surface area contributed by atoms with E-state index in [9.17, 15) is 9.18 Å². The molecule has 0 saturated carbocycles. The second-order valence-corrected chi connectivity index (χ2v) is 6.28. The number of nitrogens with one attached hydrogen (secondary N) is 1. The lowest BCUT2D eigenvalue weighted by molar-refractivity contribution is -0.115. The van der Waals surface area contributed by atoms with Gasteiger partial charge in [-0.15, -0.1) is 0 Å². The summed E-state index contributed by atoms with van der Waals surface area (Å²) in [6.45, 7) is 0.827. The van der Waals surface area contributed by atoms with Crippen molar-refractivity contribution in [2.75, 3.05) is 23.8 Å². The minimum absolute atomic E-state index is 0.165. The zero-order valence-corrected chi connectivity index (χ0v) is 15.1. The Morgan fingerprint density at radius 2 is 1.78 bits per heavy atom. The number of hydrogen-bond acceptors (Lipinski definition) is 4. The molecule has 5 nitrogen and oxygen atoms in total. The first-order chi connectivity index (χ1) is 13.1. The minimum Gasteiger partial charge on any atom is -0.359 e. The van der Waals surface area contributed by atoms with Crippen LogP contribution in [0.5, 0.6) is 0 Å². The lowest BCUT2D eigenvalue weighted by Gasteiger charge is -2.18. The number of rotatable bonds is 7. The van der Waals surface area contributed by atoms with E-state index in [-0.39, 0.29) is 18.1 Å². The van der Waals surface area contributed by atoms with Crippen molar-refractivity contribution < 1.29 is 9.18 Å². The number of benzene rings is 1. The van der Waals surface area contributed by atoms with Gasteiger partial charge in [0.2, 0.25) is 5.91 Å². The molecule has 0 aliphatic heterocycles. The number of hydrogen-bond donors (Lipinski definition) is 1. The number of nitrogens with zero attached hydrogens (tertiary/aromatic N) is 3. The first kappa shape index (κ1) is 18.5. The molecule has 0 aliphatic carbocycles. The zero-order chi connectivity index (χ0) is 19.1. The maximum absolute atomic E-state index is 12.9. The molecule has 6 heteroatoms. The fourth-order valence-corrected chi connectivity index (χ4v) is 2.64. The van der Waals surface area contributed by atoms with Crippen molar-refractivity contribution in [1.82, 2.24) is 9.97 Å². The number of amides is 1. The average molecular weight is 364 g/mol. The van der Waals surface area contributed by atoms with Gasteiger partial charge in [0, 0.05) is 26.0 Å². The smallest absolute Gasteiger partial charge is 0.228 e. The Bertz CT molecular complexity index is 867. The average Bonchev–Trinajstić information content (AvgIpc) is 2.69. The van der Waals surface area contributed by atoms with Gasteiger partial charge in [0.25, 0.3) is 0 Å². The van der Waals surface area contributed by atoms with Crippen LogP contribution in [0.4, 0.5) is 15.9 Å². The molecule has 1 N–H and O–H groups in total. The predicted octanol–water partition coefficient (Wildman–Crippen LogP) is 3.48. The minimum atomic E-state index is -0.313. The molecule has 0 unspecified atom stereocenters. The summed E-state index contributed by atoms with van der Waals surface area (Å²) in [5, 5.41) is 2.81. The SMILES string of the molecule is CN(CCc1ccncc1)c1ccc(NC(=O)Cc2ccc(F)cc2)cn1. The van der Waals surface area contributed by atoms with E-state index in [2.05, 4.69) is 20.2 Å². The van der Waals surface area contributed by atoms with Gasteiger partial charge in [-0.05, 0) is 53.9 Å². The molecule has 0 bridgehead atoms. The molecule has 27 heavy (non-hydrogen) atoms. The van der Waals surface area contributed by atoms with Crippen molar-refractivity contribution in [3.05, 3.63) is 84.1 Å². The van der Waals surface area contributed by atoms with Crippen LogP contribution in [0.15, 0.2) is 67.1 Å². The van der Waals surface area contributed by atoms with Gasteiger partial charge >= 0.3 is 0 Å². The molecule has 138 valence electrons. The maximum Gasteiger partial charge on any atom is 0.228 e. The van der Waals surface area contributed by atoms with E-state index in [1.165, 1.54) is 17.7 Å². The molecule has 3 aromatic rings. The topological polar surface area (TPSA) is 58.1 Å². The lowest BCUT2D eigenvalue weighted by Crippen LogP contribution is -2.21. The Hall–Kier alpha value is -3.28. The van der Waals surface area contributed by atoms with E-state index in [1.54, 1.807) is 30.7 Å². The van der Waals surface area contributed by atoms with Gasteiger partial charge in [0.1, 0.15) is 11.6 Å². The molecule has 2 aromatic heterocycles. The summed E-state index contributed by atoms with van der Waals surface area (Å²) >= 11 is 0. The highest BCUT2D eigenvalue weighted by Crippen LogP contribution is 2.14. The summed E-state index contributed by atoms with van der Waals surface area (Å²) in [7, 11) is 1.98. The van der Waals surface area contributed by atoms with Crippen molar-refractivity contribution in [2.24, 2.45) is 0 Å². The van der Waals surface area contributed by atoms with Gasteiger partial charge in [0.05, 0.1) is 18.3 Å². The number of halogens is 1. The molecular weight excluding hydrogens is 343 g/mol. The third-order valence-electron chi connectivity index (χ3n) is 4.19. The number of carbonyl (C=O) groups excluding carboxylic acids is 1. The monoisotopic (exact) mass is 364 g/mol. The van der Waals surface area contributed by atoms with Crippen LogP contribution in [0.25, 0.3) is 0 Å². The van der Waals surface area contributed by atoms with Crippen molar-refractivity contribution in [3.8, 4) is 0 Å². The van der Waals surface area contributed by atoms with Crippen LogP contribution in [0.3, 0.4) is 0 Å². The molecule has 0 radical (unpaired) electrons. The highest BCUT2D eigenvalue weighted by molar-refractivity contribution is 5.92. The summed E-state index contributed by atoms with van der Waals surface area (Å²) in [5.41, 5.74) is 2.62. The van der Waals surface area contributed by atoms with E-state index in [1.807, 2.05) is 31.3 Å². The van der Waals surface area contributed by atoms with Crippen LogP contribution in [0, 0.1) is 5.82 Å². The quantitative estimate of drug-likeness (QED) is 0.697. The number of anilines is 2. The molecule has 0 fully saturated rings. The van der Waals surface area contributed by atoms with Crippen LogP contribution >= 0.6 is 0 Å². The summed E-state index contributed by atoms with van der Waals surface area (Å²) in [4.78, 5) is 22.6. The van der Waals surface area contributed by atoms with E-state index >= 15 is 0 Å². The van der Waals surface area contributed by atoms with Crippen molar-refractivity contribution in [1.29, 1.82) is 0 Å². The van der Waals surface area contributed by atoms with Gasteiger partial charge in [-0.2, -0.15) is 0 Å².